The molecule has 6 rings (SSSR count). The number of allylic oxidation sites excluding steroid dienone is 1. The van der Waals surface area contributed by atoms with Crippen LogP contribution in [0.4, 0.5) is 4.79 Å². The van der Waals surface area contributed by atoms with Gasteiger partial charge < -0.3 is 9.84 Å². The van der Waals surface area contributed by atoms with Crippen LogP contribution in [0.3, 0.4) is 0 Å². The largest absolute Gasteiger partial charge is 0.430 e. The lowest BCUT2D eigenvalue weighted by atomic mass is 9.75. The Morgan fingerprint density at radius 2 is 1.18 bits per heavy atom. The Hall–Kier alpha value is -4.91. The molecule has 0 aliphatic carbocycles. The summed E-state index contributed by atoms with van der Waals surface area (Å²) in [4.78, 5) is 28.7. The molecule has 2 atom stereocenters. The number of thioether (sulfide) groups is 1. The first kappa shape index (κ1) is 34.9. The molecular formula is C44H43NO4S. The van der Waals surface area contributed by atoms with E-state index in [2.05, 4.69) is 72.8 Å². The Kier molecular flexibility index (Phi) is 11.0. The quantitative estimate of drug-likeness (QED) is 0.0762. The number of amides is 2. The van der Waals surface area contributed by atoms with Crippen LogP contribution in [0.1, 0.15) is 54.5 Å². The fourth-order valence-electron chi connectivity index (χ4n) is 7.21. The first-order valence-corrected chi connectivity index (χ1v) is 18.2. The summed E-state index contributed by atoms with van der Waals surface area (Å²) < 4.78 is 5.80. The zero-order chi connectivity index (χ0) is 35.0. The third kappa shape index (κ3) is 6.91. The lowest BCUT2D eigenvalue weighted by Gasteiger charge is -2.37. The molecule has 1 aliphatic heterocycles. The van der Waals surface area contributed by atoms with Gasteiger partial charge in [0, 0.05) is 11.1 Å². The van der Waals surface area contributed by atoms with Gasteiger partial charge in [0.2, 0.25) is 5.91 Å². The summed E-state index contributed by atoms with van der Waals surface area (Å²) in [6.07, 6.45) is 2.28. The summed E-state index contributed by atoms with van der Waals surface area (Å²) >= 11 is 1.84. The topological polar surface area (TPSA) is 66.8 Å². The van der Waals surface area contributed by atoms with Gasteiger partial charge in [-0.25, -0.2) is 9.69 Å². The highest BCUT2D eigenvalue weighted by Gasteiger charge is 2.59. The third-order valence-electron chi connectivity index (χ3n) is 9.33. The highest BCUT2D eigenvalue weighted by atomic mass is 32.2. The minimum absolute atomic E-state index is 0.130. The minimum atomic E-state index is -1.18. The van der Waals surface area contributed by atoms with Crippen molar-refractivity contribution in [3.8, 4) is 0 Å². The average molecular weight is 682 g/mol. The van der Waals surface area contributed by atoms with Gasteiger partial charge >= 0.3 is 6.09 Å². The highest BCUT2D eigenvalue weighted by molar-refractivity contribution is 8.00. The van der Waals surface area contributed by atoms with E-state index in [0.717, 1.165) is 16.9 Å². The second-order valence-corrected chi connectivity index (χ2v) is 14.2. The van der Waals surface area contributed by atoms with Gasteiger partial charge in [0.1, 0.15) is 0 Å². The van der Waals surface area contributed by atoms with E-state index < -0.39 is 34.5 Å². The van der Waals surface area contributed by atoms with E-state index in [1.165, 1.54) is 21.6 Å². The van der Waals surface area contributed by atoms with Crippen molar-refractivity contribution in [1.82, 2.24) is 4.90 Å². The molecule has 0 unspecified atom stereocenters. The number of rotatable bonds is 13. The molecule has 0 radical (unpaired) electrons. The number of carbonyl (C=O) groups excluding carboxylic acids is 2. The molecular weight excluding hydrogens is 639 g/mol. The van der Waals surface area contributed by atoms with Gasteiger partial charge in [-0.3, -0.25) is 4.79 Å². The van der Waals surface area contributed by atoms with E-state index in [1.807, 2.05) is 111 Å². The van der Waals surface area contributed by atoms with Gasteiger partial charge in [0.05, 0.1) is 23.3 Å². The molecule has 5 aromatic rings. The van der Waals surface area contributed by atoms with Gasteiger partial charge in [-0.05, 0) is 34.8 Å². The average Bonchev–Trinajstić information content (AvgIpc) is 3.49. The molecule has 1 saturated heterocycles. The highest BCUT2D eigenvalue weighted by Crippen LogP contribution is 2.49. The second kappa shape index (κ2) is 15.8. The van der Waals surface area contributed by atoms with Crippen molar-refractivity contribution in [3.63, 3.8) is 0 Å². The maximum Gasteiger partial charge on any atom is 0.418 e. The summed E-state index contributed by atoms with van der Waals surface area (Å²) in [5.41, 5.74) is 3.99. The van der Waals surface area contributed by atoms with Crippen molar-refractivity contribution in [2.24, 2.45) is 5.92 Å². The van der Waals surface area contributed by atoms with Crippen LogP contribution in [-0.4, -0.2) is 39.9 Å². The first-order valence-electron chi connectivity index (χ1n) is 17.2. The van der Waals surface area contributed by atoms with Crippen molar-refractivity contribution in [1.29, 1.82) is 0 Å². The SMILES string of the molecule is CC(C)[C@H]1N(C(=O)C[C@H](O)/C=C/CCSC(c2ccccc2)(c2ccccc2)c2ccccc2)C(=O)OC1(c1ccccc1)c1ccccc1. The maximum absolute atomic E-state index is 13.8. The number of aliphatic hydroxyl groups excluding tert-OH is 1. The van der Waals surface area contributed by atoms with Crippen LogP contribution >= 0.6 is 11.8 Å². The fraction of sp³-hybridized carbons (Fsp3) is 0.227. The normalized spacial score (nSPS) is 16.4. The van der Waals surface area contributed by atoms with Crippen LogP contribution in [0.15, 0.2) is 164 Å². The summed E-state index contributed by atoms with van der Waals surface area (Å²) in [5, 5.41) is 11.1. The Labute approximate surface area is 299 Å². The van der Waals surface area contributed by atoms with E-state index >= 15 is 0 Å². The van der Waals surface area contributed by atoms with Crippen molar-refractivity contribution in [2.75, 3.05) is 5.75 Å². The predicted octanol–water partition coefficient (Wildman–Crippen LogP) is 9.36. The molecule has 0 bridgehead atoms. The summed E-state index contributed by atoms with van der Waals surface area (Å²) in [6, 6.07) is 50.2. The van der Waals surface area contributed by atoms with Crippen LogP contribution < -0.4 is 0 Å². The molecule has 6 heteroatoms. The smallest absolute Gasteiger partial charge is 0.418 e. The number of imide groups is 1. The molecule has 0 spiro atoms. The maximum atomic E-state index is 13.8. The third-order valence-corrected chi connectivity index (χ3v) is 10.9. The number of hydrogen-bond donors (Lipinski definition) is 1. The van der Waals surface area contributed by atoms with Crippen LogP contribution in [0.2, 0.25) is 0 Å². The van der Waals surface area contributed by atoms with Crippen molar-refractivity contribution in [3.05, 3.63) is 192 Å². The fourth-order valence-corrected chi connectivity index (χ4v) is 8.68. The Morgan fingerprint density at radius 3 is 1.60 bits per heavy atom. The van der Waals surface area contributed by atoms with Gasteiger partial charge in [-0.15, -0.1) is 11.8 Å². The molecule has 2 amide bonds. The monoisotopic (exact) mass is 681 g/mol. The lowest BCUT2D eigenvalue weighted by Crippen LogP contribution is -2.50. The molecule has 1 fully saturated rings. The number of nitrogens with zero attached hydrogens (tertiary/aromatic N) is 1. The van der Waals surface area contributed by atoms with E-state index in [9.17, 15) is 14.7 Å². The van der Waals surface area contributed by atoms with Crippen molar-refractivity contribution in [2.45, 2.75) is 49.2 Å². The Balaban J connectivity index is 1.18. The number of aliphatic hydroxyl groups is 1. The zero-order valence-electron chi connectivity index (χ0n) is 28.5. The van der Waals surface area contributed by atoms with E-state index in [-0.39, 0.29) is 12.3 Å². The summed E-state index contributed by atoms with van der Waals surface area (Å²) in [5.74, 6) is 0.167. The number of ether oxygens (including phenoxy) is 1. The standard InChI is InChI=1S/C44H43NO4S/c1-33(2)41-43(34-20-8-3-9-21-34,35-22-10-4-11-23-35)49-42(48)45(41)40(47)32-39(46)30-18-19-31-50-44(36-24-12-5-13-25-36,37-26-14-6-15-27-37)38-28-16-7-17-29-38/h3-18,20-30,33,39,41,46H,19,31-32H2,1-2H3/b30-18+/t39-,41-/m1/s1. The number of cyclic esters (lactones) is 1. The second-order valence-electron chi connectivity index (χ2n) is 12.9. The molecule has 1 N–H and O–H groups in total. The lowest BCUT2D eigenvalue weighted by molar-refractivity contribution is -0.131. The minimum Gasteiger partial charge on any atom is -0.430 e. The molecule has 254 valence electrons. The summed E-state index contributed by atoms with van der Waals surface area (Å²) in [6.45, 7) is 3.98. The van der Waals surface area contributed by atoms with Crippen LogP contribution in [0, 0.1) is 5.92 Å². The molecule has 0 saturated carbocycles. The van der Waals surface area contributed by atoms with Crippen LogP contribution in [0.25, 0.3) is 0 Å². The summed E-state index contributed by atoms with van der Waals surface area (Å²) in [7, 11) is 0. The Morgan fingerprint density at radius 1 is 0.760 bits per heavy atom. The van der Waals surface area contributed by atoms with Crippen LogP contribution in [0.5, 0.6) is 0 Å². The zero-order valence-corrected chi connectivity index (χ0v) is 29.3. The van der Waals surface area contributed by atoms with Crippen molar-refractivity contribution < 1.29 is 19.4 Å². The molecule has 50 heavy (non-hydrogen) atoms. The van der Waals surface area contributed by atoms with E-state index in [4.69, 9.17) is 4.74 Å². The van der Waals surface area contributed by atoms with Crippen LogP contribution in [-0.2, 0) is 19.9 Å². The number of benzene rings is 5. The van der Waals surface area contributed by atoms with E-state index in [1.54, 1.807) is 6.08 Å². The predicted molar refractivity (Wildman–Crippen MR) is 202 cm³/mol. The molecule has 1 heterocycles. The first-order chi connectivity index (χ1) is 24.4. The molecule has 5 aromatic carbocycles. The van der Waals surface area contributed by atoms with E-state index in [0.29, 0.717) is 6.42 Å². The number of carbonyl (C=O) groups is 2. The number of hydrogen-bond acceptors (Lipinski definition) is 5. The van der Waals surface area contributed by atoms with Gasteiger partial charge in [0.15, 0.2) is 5.60 Å². The molecule has 5 nitrogen and oxygen atoms in total. The Bertz CT molecular complexity index is 1730. The molecule has 1 aliphatic rings. The van der Waals surface area contributed by atoms with Crippen molar-refractivity contribution >= 4 is 23.8 Å². The van der Waals surface area contributed by atoms with Gasteiger partial charge in [0.25, 0.3) is 0 Å². The van der Waals surface area contributed by atoms with Gasteiger partial charge in [-0.1, -0.05) is 178 Å². The van der Waals surface area contributed by atoms with Gasteiger partial charge in [-0.2, -0.15) is 0 Å². The molecule has 0 aromatic heterocycles.